The highest BCUT2D eigenvalue weighted by atomic mass is 15.0. The van der Waals surface area contributed by atoms with E-state index in [0.29, 0.717) is 36.0 Å². The fraction of sp³-hybridized carbons (Fsp3) is 0.586. The van der Waals surface area contributed by atoms with Crippen molar-refractivity contribution >= 4 is 22.7 Å². The molecule has 0 radical (unpaired) electrons. The topological polar surface area (TPSA) is 48.1 Å². The third-order valence-corrected chi connectivity index (χ3v) is 13.8. The van der Waals surface area contributed by atoms with Crippen LogP contribution >= 0.6 is 0 Å². The van der Waals surface area contributed by atoms with Gasteiger partial charge in [0.25, 0.3) is 0 Å². The number of unbranched alkanes of at least 4 members (excludes halogenated alkanes) is 2. The number of rotatable bonds is 24. The first-order valence-corrected chi connectivity index (χ1v) is 25.6. The number of benzene rings is 4. The summed E-state index contributed by atoms with van der Waals surface area (Å²) in [6.45, 7) is 16.5. The Kier molecular flexibility index (Phi) is 19.0. The van der Waals surface area contributed by atoms with E-state index >= 15 is 0 Å². The maximum Gasteiger partial charge on any atom is 0.0399 e. The van der Waals surface area contributed by atoms with E-state index in [0.717, 1.165) is 38.5 Å². The Bertz CT molecular complexity index is 1890. The summed E-state index contributed by atoms with van der Waals surface area (Å²) >= 11 is 0. The summed E-state index contributed by atoms with van der Waals surface area (Å²) < 4.78 is 0. The molecule has 0 bridgehead atoms. The van der Waals surface area contributed by atoms with Crippen LogP contribution in [0.1, 0.15) is 190 Å². The molecule has 0 aromatic heterocycles. The van der Waals surface area contributed by atoms with Gasteiger partial charge in [0.1, 0.15) is 0 Å². The molecule has 6 rings (SSSR count). The molecule has 2 aliphatic rings. The lowest BCUT2D eigenvalue weighted by atomic mass is 9.91. The minimum atomic E-state index is 0.392. The van der Waals surface area contributed by atoms with Crippen molar-refractivity contribution < 1.29 is 0 Å². The summed E-state index contributed by atoms with van der Waals surface area (Å²) in [5.74, 6) is 1.26. The molecule has 2 fully saturated rings. The summed E-state index contributed by atoms with van der Waals surface area (Å²) in [6, 6.07) is 32.8. The van der Waals surface area contributed by atoms with E-state index in [1.54, 1.807) is 0 Å². The van der Waals surface area contributed by atoms with Crippen LogP contribution in [0.25, 0.3) is 0 Å². The normalized spacial score (nSPS) is 16.5. The molecule has 338 valence electrons. The van der Waals surface area contributed by atoms with Gasteiger partial charge in [0, 0.05) is 46.9 Å². The van der Waals surface area contributed by atoms with Crippen molar-refractivity contribution in [3.05, 3.63) is 118 Å². The zero-order valence-corrected chi connectivity index (χ0v) is 40.3. The molecule has 4 nitrogen and oxygen atoms in total. The Balaban J connectivity index is 1.15. The van der Waals surface area contributed by atoms with Crippen LogP contribution in [0.3, 0.4) is 0 Å². The molecule has 2 aliphatic carbocycles. The van der Waals surface area contributed by atoms with Crippen LogP contribution in [0.15, 0.2) is 78.9 Å². The van der Waals surface area contributed by atoms with Gasteiger partial charge in [0.15, 0.2) is 0 Å². The lowest BCUT2D eigenvalue weighted by Crippen LogP contribution is -2.25. The Morgan fingerprint density at radius 2 is 0.935 bits per heavy atom. The van der Waals surface area contributed by atoms with Crippen molar-refractivity contribution in [2.24, 2.45) is 11.8 Å². The summed E-state index contributed by atoms with van der Waals surface area (Å²) in [6.07, 6.45) is 25.7. The van der Waals surface area contributed by atoms with Crippen molar-refractivity contribution in [1.82, 2.24) is 0 Å². The third kappa shape index (κ3) is 15.1. The molecule has 0 amide bonds. The van der Waals surface area contributed by atoms with Crippen molar-refractivity contribution in [1.29, 1.82) is 0 Å². The van der Waals surface area contributed by atoms with Gasteiger partial charge in [-0.2, -0.15) is 0 Å². The lowest BCUT2D eigenvalue weighted by molar-refractivity contribution is 0.461. The second-order valence-electron chi connectivity index (χ2n) is 20.4. The van der Waals surface area contributed by atoms with E-state index in [1.807, 2.05) is 0 Å². The van der Waals surface area contributed by atoms with Crippen LogP contribution in [-0.2, 0) is 32.1 Å². The molecule has 4 heteroatoms. The highest BCUT2D eigenvalue weighted by molar-refractivity contribution is 5.68. The van der Waals surface area contributed by atoms with Gasteiger partial charge >= 0.3 is 0 Å². The Labute approximate surface area is 379 Å². The van der Waals surface area contributed by atoms with Gasteiger partial charge in [-0.15, -0.1) is 0 Å². The van der Waals surface area contributed by atoms with Crippen molar-refractivity contribution in [2.45, 2.75) is 207 Å². The van der Waals surface area contributed by atoms with Crippen LogP contribution < -0.4 is 21.3 Å². The molecule has 0 aliphatic heterocycles. The van der Waals surface area contributed by atoms with Crippen LogP contribution in [0.4, 0.5) is 22.7 Å². The first-order valence-electron chi connectivity index (χ1n) is 25.6. The minimum Gasteiger partial charge on any atom is -0.382 e. The standard InChI is InChI=1S/C58H86N4/c1-8-10-23-49-38-50(24-11-9-2)56(40-55(49)59-44(6)33-42(3)4)60-45(7)34-43(5)35-47-29-31-48(32-30-47)37-52-39-51(36-46-21-15-12-16-22-46)57(61-53-25-17-13-18-26-53)41-58(52)62-54-27-19-14-20-28-54/h12,15-16,21-22,29-32,38-45,53-54,59-62H,8-11,13-14,17-20,23-28,33-37H2,1-7H3. The molecule has 0 saturated heterocycles. The SMILES string of the molecule is CCCCc1cc(CCCC)c(NC(C)CC(C)Cc2ccc(Cc3cc(Cc4ccccc4)c(NC4CCCCC4)cc3NC3CCCCC3)cc2)cc1NC(C)CC(C)C. The maximum absolute atomic E-state index is 4.10. The molecule has 4 aromatic rings. The van der Waals surface area contributed by atoms with Gasteiger partial charge in [-0.1, -0.05) is 153 Å². The molecule has 0 heterocycles. The average Bonchev–Trinajstić information content (AvgIpc) is 3.25. The molecule has 3 atom stereocenters. The zero-order chi connectivity index (χ0) is 43.7. The van der Waals surface area contributed by atoms with Gasteiger partial charge in [0.05, 0.1) is 0 Å². The van der Waals surface area contributed by atoms with E-state index in [-0.39, 0.29) is 0 Å². The zero-order valence-electron chi connectivity index (χ0n) is 40.3. The third-order valence-electron chi connectivity index (χ3n) is 13.8. The number of hydrogen-bond donors (Lipinski definition) is 4. The summed E-state index contributed by atoms with van der Waals surface area (Å²) in [7, 11) is 0. The first kappa shape index (κ1) is 47.6. The quantitative estimate of drug-likeness (QED) is 0.0568. The highest BCUT2D eigenvalue weighted by Gasteiger charge is 2.21. The Morgan fingerprint density at radius 3 is 1.44 bits per heavy atom. The molecule has 4 N–H and O–H groups in total. The molecule has 3 unspecified atom stereocenters. The van der Waals surface area contributed by atoms with Gasteiger partial charge in [0.2, 0.25) is 0 Å². The highest BCUT2D eigenvalue weighted by Crippen LogP contribution is 2.35. The van der Waals surface area contributed by atoms with Crippen LogP contribution in [0.2, 0.25) is 0 Å². The largest absolute Gasteiger partial charge is 0.382 e. The lowest BCUT2D eigenvalue weighted by Gasteiger charge is -2.29. The van der Waals surface area contributed by atoms with E-state index in [2.05, 4.69) is 149 Å². The van der Waals surface area contributed by atoms with Crippen molar-refractivity contribution in [3.63, 3.8) is 0 Å². The van der Waals surface area contributed by atoms with Gasteiger partial charge in [-0.25, -0.2) is 0 Å². The summed E-state index contributed by atoms with van der Waals surface area (Å²) in [5.41, 5.74) is 15.4. The number of hydrogen-bond acceptors (Lipinski definition) is 4. The minimum absolute atomic E-state index is 0.392. The second-order valence-corrected chi connectivity index (χ2v) is 20.4. The maximum atomic E-state index is 4.10. The summed E-state index contributed by atoms with van der Waals surface area (Å²) in [4.78, 5) is 0. The smallest absolute Gasteiger partial charge is 0.0399 e. The summed E-state index contributed by atoms with van der Waals surface area (Å²) in [5, 5.41) is 16.2. The van der Waals surface area contributed by atoms with E-state index in [1.165, 1.54) is 158 Å². The predicted octanol–water partition coefficient (Wildman–Crippen LogP) is 16.0. The van der Waals surface area contributed by atoms with E-state index < -0.39 is 0 Å². The van der Waals surface area contributed by atoms with Crippen LogP contribution in [0, 0.1) is 11.8 Å². The van der Waals surface area contributed by atoms with E-state index in [4.69, 9.17) is 0 Å². The molecular formula is C58H86N4. The van der Waals surface area contributed by atoms with Crippen molar-refractivity contribution in [3.8, 4) is 0 Å². The number of aryl methyl sites for hydroxylation is 2. The second kappa shape index (κ2) is 24.8. The first-order chi connectivity index (χ1) is 30.1. The molecule has 0 spiro atoms. The fourth-order valence-corrected chi connectivity index (χ4v) is 10.6. The van der Waals surface area contributed by atoms with Gasteiger partial charge < -0.3 is 21.3 Å². The molecule has 4 aromatic carbocycles. The molecule has 62 heavy (non-hydrogen) atoms. The Morgan fingerprint density at radius 1 is 0.484 bits per heavy atom. The monoisotopic (exact) mass is 839 g/mol. The molecule has 2 saturated carbocycles. The fourth-order valence-electron chi connectivity index (χ4n) is 10.6. The Hall–Kier alpha value is -3.92. The van der Waals surface area contributed by atoms with Crippen molar-refractivity contribution in [2.75, 3.05) is 21.3 Å². The molecular weight excluding hydrogens is 753 g/mol. The van der Waals surface area contributed by atoms with Gasteiger partial charge in [-0.3, -0.25) is 0 Å². The van der Waals surface area contributed by atoms with E-state index in [9.17, 15) is 0 Å². The van der Waals surface area contributed by atoms with Crippen LogP contribution in [-0.4, -0.2) is 24.2 Å². The number of nitrogens with one attached hydrogen (secondary N) is 4. The predicted molar refractivity (Wildman–Crippen MR) is 273 cm³/mol. The van der Waals surface area contributed by atoms with Gasteiger partial charge in [-0.05, 0) is 160 Å². The number of anilines is 4. The van der Waals surface area contributed by atoms with Crippen LogP contribution in [0.5, 0.6) is 0 Å². The average molecular weight is 839 g/mol.